The summed E-state index contributed by atoms with van der Waals surface area (Å²) in [4.78, 5) is 11.3. The molecule has 1 aliphatic carbocycles. The van der Waals surface area contributed by atoms with Gasteiger partial charge in [-0.3, -0.25) is 4.79 Å². The molecule has 1 aromatic rings. The molecule has 1 aromatic carbocycles. The predicted molar refractivity (Wildman–Crippen MR) is 60.3 cm³/mol. The van der Waals surface area contributed by atoms with E-state index < -0.39 is 0 Å². The molecule has 0 bridgehead atoms. The Morgan fingerprint density at radius 1 is 1.56 bits per heavy atom. The molecule has 0 heterocycles. The summed E-state index contributed by atoms with van der Waals surface area (Å²) in [6.07, 6.45) is 1.98. The summed E-state index contributed by atoms with van der Waals surface area (Å²) in [7, 11) is 0. The Bertz CT molecular complexity index is 423. The van der Waals surface area contributed by atoms with E-state index in [1.54, 1.807) is 13.0 Å². The second-order valence-corrected chi connectivity index (χ2v) is 4.15. The molecule has 0 unspecified atom stereocenters. The van der Waals surface area contributed by atoms with Crippen molar-refractivity contribution >= 4 is 5.97 Å². The molecule has 0 saturated heterocycles. The van der Waals surface area contributed by atoms with Crippen LogP contribution in [0.25, 0.3) is 0 Å². The lowest BCUT2D eigenvalue weighted by Crippen LogP contribution is -2.07. The number of phenolic OH excluding ortho intramolecular Hbond substituents is 1. The van der Waals surface area contributed by atoms with E-state index >= 15 is 0 Å². The van der Waals surface area contributed by atoms with Crippen LogP contribution in [0.1, 0.15) is 42.6 Å². The molecule has 0 aromatic heterocycles. The van der Waals surface area contributed by atoms with Gasteiger partial charge < -0.3 is 9.84 Å². The minimum absolute atomic E-state index is 0.123. The summed E-state index contributed by atoms with van der Waals surface area (Å²) < 4.78 is 5.36. The summed E-state index contributed by atoms with van der Waals surface area (Å²) >= 11 is 0. The first-order valence-electron chi connectivity index (χ1n) is 5.64. The zero-order valence-corrected chi connectivity index (χ0v) is 9.62. The quantitative estimate of drug-likeness (QED) is 0.779. The summed E-state index contributed by atoms with van der Waals surface area (Å²) in [5, 5.41) is 9.59. The number of benzene rings is 1. The Morgan fingerprint density at radius 3 is 3.00 bits per heavy atom. The van der Waals surface area contributed by atoms with Gasteiger partial charge in [-0.05, 0) is 42.5 Å². The number of rotatable bonds is 2. The molecule has 0 radical (unpaired) electrons. The first kappa shape index (κ1) is 11.0. The van der Waals surface area contributed by atoms with Crippen molar-refractivity contribution in [2.24, 2.45) is 0 Å². The molecule has 0 spiro atoms. The molecule has 16 heavy (non-hydrogen) atoms. The lowest BCUT2D eigenvalue weighted by molar-refractivity contribution is -0.148. The van der Waals surface area contributed by atoms with E-state index in [0.717, 1.165) is 29.5 Å². The summed E-state index contributed by atoms with van der Waals surface area (Å²) in [6, 6.07) is 3.53. The minimum Gasteiger partial charge on any atom is -0.508 e. The van der Waals surface area contributed by atoms with E-state index in [4.69, 9.17) is 4.74 Å². The highest BCUT2D eigenvalue weighted by molar-refractivity contribution is 5.69. The molecule has 0 saturated carbocycles. The molecular formula is C13H16O3. The van der Waals surface area contributed by atoms with Crippen molar-refractivity contribution in [3.63, 3.8) is 0 Å². The monoisotopic (exact) mass is 220 g/mol. The van der Waals surface area contributed by atoms with Gasteiger partial charge in [-0.2, -0.15) is 0 Å². The van der Waals surface area contributed by atoms with Crippen LogP contribution in [-0.2, 0) is 16.0 Å². The van der Waals surface area contributed by atoms with Crippen LogP contribution in [0.2, 0.25) is 0 Å². The van der Waals surface area contributed by atoms with Gasteiger partial charge in [0.2, 0.25) is 0 Å². The Hall–Kier alpha value is -1.51. The summed E-state index contributed by atoms with van der Waals surface area (Å²) in [6.45, 7) is 3.69. The van der Waals surface area contributed by atoms with Crippen LogP contribution >= 0.6 is 0 Å². The van der Waals surface area contributed by atoms with Gasteiger partial charge in [0.15, 0.2) is 0 Å². The number of hydrogen-bond donors (Lipinski definition) is 1. The highest BCUT2D eigenvalue weighted by Crippen LogP contribution is 2.38. The van der Waals surface area contributed by atoms with E-state index in [1.807, 2.05) is 13.0 Å². The number of esters is 1. The van der Waals surface area contributed by atoms with E-state index in [9.17, 15) is 9.90 Å². The smallest absolute Gasteiger partial charge is 0.306 e. The largest absolute Gasteiger partial charge is 0.508 e. The lowest BCUT2D eigenvalue weighted by atomic mass is 10.0. The Labute approximate surface area is 95.0 Å². The van der Waals surface area contributed by atoms with Gasteiger partial charge in [-0.25, -0.2) is 0 Å². The van der Waals surface area contributed by atoms with Crippen molar-refractivity contribution in [3.8, 4) is 5.75 Å². The maximum absolute atomic E-state index is 11.3. The fraction of sp³-hybridized carbons (Fsp3) is 0.462. The number of aromatic hydroxyl groups is 1. The molecule has 86 valence electrons. The van der Waals surface area contributed by atoms with E-state index in [0.29, 0.717) is 12.2 Å². The third kappa shape index (κ3) is 1.77. The van der Waals surface area contributed by atoms with Crippen molar-refractivity contribution in [1.29, 1.82) is 0 Å². The number of carbonyl (C=O) groups is 1. The topological polar surface area (TPSA) is 46.5 Å². The fourth-order valence-electron chi connectivity index (χ4n) is 2.19. The van der Waals surface area contributed by atoms with Crippen LogP contribution in [0, 0.1) is 6.92 Å². The first-order chi connectivity index (χ1) is 7.63. The molecule has 2 rings (SSSR count). The maximum Gasteiger partial charge on any atom is 0.306 e. The van der Waals surface area contributed by atoms with Crippen molar-refractivity contribution in [2.45, 2.75) is 39.2 Å². The van der Waals surface area contributed by atoms with Crippen molar-refractivity contribution in [1.82, 2.24) is 0 Å². The number of ether oxygens (including phenoxy) is 1. The van der Waals surface area contributed by atoms with Crippen molar-refractivity contribution < 1.29 is 14.6 Å². The predicted octanol–water partition coefficient (Wildman–Crippen LogP) is 2.64. The Balaban J connectivity index is 2.27. The van der Waals surface area contributed by atoms with E-state index in [-0.39, 0.29) is 12.1 Å². The SMILES string of the molecule is CCC(=O)O[C@@H]1CCc2c1ccc(O)c2C. The van der Waals surface area contributed by atoms with Crippen LogP contribution in [0.5, 0.6) is 5.75 Å². The lowest BCUT2D eigenvalue weighted by Gasteiger charge is -2.13. The van der Waals surface area contributed by atoms with Gasteiger partial charge in [0.1, 0.15) is 11.9 Å². The molecule has 0 fully saturated rings. The standard InChI is InChI=1S/C13H16O3/c1-3-13(15)16-12-7-5-9-8(2)11(14)6-4-10(9)12/h4,6,12,14H,3,5,7H2,1-2H3/t12-/m1/s1. The van der Waals surface area contributed by atoms with Crippen LogP contribution in [0.15, 0.2) is 12.1 Å². The van der Waals surface area contributed by atoms with Crippen LogP contribution in [0.3, 0.4) is 0 Å². The van der Waals surface area contributed by atoms with Gasteiger partial charge in [-0.1, -0.05) is 13.0 Å². The van der Waals surface area contributed by atoms with E-state index in [2.05, 4.69) is 0 Å². The minimum atomic E-state index is -0.163. The van der Waals surface area contributed by atoms with Crippen molar-refractivity contribution in [2.75, 3.05) is 0 Å². The second kappa shape index (κ2) is 4.16. The highest BCUT2D eigenvalue weighted by Gasteiger charge is 2.27. The number of fused-ring (bicyclic) bond motifs is 1. The van der Waals surface area contributed by atoms with Gasteiger partial charge >= 0.3 is 5.97 Å². The van der Waals surface area contributed by atoms with Crippen LogP contribution in [0.4, 0.5) is 0 Å². The molecule has 3 nitrogen and oxygen atoms in total. The highest BCUT2D eigenvalue weighted by atomic mass is 16.5. The normalized spacial score (nSPS) is 18.2. The molecule has 1 N–H and O–H groups in total. The average molecular weight is 220 g/mol. The summed E-state index contributed by atoms with van der Waals surface area (Å²) in [5.74, 6) is 0.157. The zero-order valence-electron chi connectivity index (χ0n) is 9.62. The third-order valence-electron chi connectivity index (χ3n) is 3.17. The van der Waals surface area contributed by atoms with E-state index in [1.165, 1.54) is 0 Å². The average Bonchev–Trinajstić information content (AvgIpc) is 2.67. The fourth-order valence-corrected chi connectivity index (χ4v) is 2.19. The summed E-state index contributed by atoms with van der Waals surface area (Å²) in [5.41, 5.74) is 3.10. The van der Waals surface area contributed by atoms with Gasteiger partial charge in [0.05, 0.1) is 0 Å². The molecular weight excluding hydrogens is 204 g/mol. The molecule has 1 atom stereocenters. The van der Waals surface area contributed by atoms with Gasteiger partial charge in [-0.15, -0.1) is 0 Å². The second-order valence-electron chi connectivity index (χ2n) is 4.15. The number of hydrogen-bond acceptors (Lipinski definition) is 3. The molecule has 0 amide bonds. The zero-order chi connectivity index (χ0) is 11.7. The molecule has 3 heteroatoms. The van der Waals surface area contributed by atoms with Crippen LogP contribution in [-0.4, -0.2) is 11.1 Å². The third-order valence-corrected chi connectivity index (χ3v) is 3.17. The maximum atomic E-state index is 11.3. The Kier molecular flexibility index (Phi) is 2.86. The van der Waals surface area contributed by atoms with Crippen molar-refractivity contribution in [3.05, 3.63) is 28.8 Å². The Morgan fingerprint density at radius 2 is 2.31 bits per heavy atom. The van der Waals surface area contributed by atoms with Gasteiger partial charge in [0.25, 0.3) is 0 Å². The first-order valence-corrected chi connectivity index (χ1v) is 5.64. The van der Waals surface area contributed by atoms with Crippen LogP contribution < -0.4 is 0 Å². The molecule has 1 aliphatic rings. The molecule has 0 aliphatic heterocycles. The number of carbonyl (C=O) groups excluding carboxylic acids is 1. The number of phenols is 1. The van der Waals surface area contributed by atoms with Gasteiger partial charge in [0, 0.05) is 6.42 Å².